The number of carbonyl (C=O) groups is 1. The third kappa shape index (κ3) is 4.99. The maximum atomic E-state index is 15.3. The number of alkyl halides is 2. The summed E-state index contributed by atoms with van der Waals surface area (Å²) in [6.07, 6.45) is 0.746. The Balaban J connectivity index is 2.30. The summed E-state index contributed by atoms with van der Waals surface area (Å²) < 4.78 is 36.0. The van der Waals surface area contributed by atoms with Crippen molar-refractivity contribution in [2.75, 3.05) is 0 Å². The van der Waals surface area contributed by atoms with Gasteiger partial charge in [-0.15, -0.1) is 12.5 Å². The van der Waals surface area contributed by atoms with E-state index in [2.05, 4.69) is 18.4 Å². The van der Waals surface area contributed by atoms with Crippen molar-refractivity contribution in [3.05, 3.63) is 24.5 Å². The van der Waals surface area contributed by atoms with Crippen molar-refractivity contribution in [3.8, 4) is 11.8 Å². The van der Waals surface area contributed by atoms with E-state index in [1.54, 1.807) is 6.92 Å². The minimum Gasteiger partial charge on any atom is -0.488 e. The number of allylic oxidation sites excluding steroid dienone is 2. The molecule has 0 aromatic heterocycles. The molecular formula is C22H30F2O5. The molecule has 0 aromatic carbocycles. The van der Waals surface area contributed by atoms with Gasteiger partial charge in [0.05, 0.1) is 18.1 Å². The average molecular weight is 412 g/mol. The summed E-state index contributed by atoms with van der Waals surface area (Å²) in [6.45, 7) is 7.13. The molecule has 2 fully saturated rings. The third-order valence-electron chi connectivity index (χ3n) is 5.89. The molecule has 0 aromatic rings. The highest BCUT2D eigenvalue weighted by Gasteiger charge is 2.65. The van der Waals surface area contributed by atoms with Crippen LogP contribution in [0.25, 0.3) is 0 Å². The van der Waals surface area contributed by atoms with E-state index in [1.807, 2.05) is 6.92 Å². The van der Waals surface area contributed by atoms with E-state index in [4.69, 9.17) is 9.84 Å². The van der Waals surface area contributed by atoms with Crippen LogP contribution in [0.1, 0.15) is 46.0 Å². The van der Waals surface area contributed by atoms with Crippen LogP contribution in [0, 0.1) is 35.5 Å². The van der Waals surface area contributed by atoms with Crippen LogP contribution in [0.3, 0.4) is 0 Å². The topological polar surface area (TPSA) is 87.0 Å². The van der Waals surface area contributed by atoms with Crippen LogP contribution in [0.15, 0.2) is 24.5 Å². The van der Waals surface area contributed by atoms with Gasteiger partial charge in [0.15, 0.2) is 5.76 Å². The number of fused-ring (bicyclic) bond motifs is 1. The fraction of sp³-hybridized carbons (Fsp3) is 0.682. The van der Waals surface area contributed by atoms with Gasteiger partial charge in [-0.3, -0.25) is 4.79 Å². The van der Waals surface area contributed by atoms with Crippen LogP contribution in [-0.4, -0.2) is 45.5 Å². The summed E-state index contributed by atoms with van der Waals surface area (Å²) in [4.78, 5) is 10.6. The number of aliphatic hydroxyl groups excluding tert-OH is 2. The maximum Gasteiger partial charge on any atom is 0.310 e. The Morgan fingerprint density at radius 3 is 2.76 bits per heavy atom. The molecule has 7 atom stereocenters. The zero-order valence-corrected chi connectivity index (χ0v) is 16.9. The number of halogens is 2. The summed E-state index contributed by atoms with van der Waals surface area (Å²) in [5.74, 6) is -2.04. The van der Waals surface area contributed by atoms with Crippen LogP contribution < -0.4 is 0 Å². The molecule has 1 aliphatic carbocycles. The highest BCUT2D eigenvalue weighted by atomic mass is 19.3. The molecule has 1 heterocycles. The van der Waals surface area contributed by atoms with Gasteiger partial charge in [-0.2, -0.15) is 8.78 Å². The molecule has 2 rings (SSSR count). The molecule has 29 heavy (non-hydrogen) atoms. The van der Waals surface area contributed by atoms with Gasteiger partial charge in [0, 0.05) is 31.1 Å². The molecule has 2 aliphatic rings. The van der Waals surface area contributed by atoms with Crippen molar-refractivity contribution in [1.82, 2.24) is 0 Å². The van der Waals surface area contributed by atoms with E-state index in [-0.39, 0.29) is 25.7 Å². The molecule has 1 saturated heterocycles. The van der Waals surface area contributed by atoms with Crippen molar-refractivity contribution >= 4 is 5.97 Å². The monoisotopic (exact) mass is 412 g/mol. The number of carboxylic acids is 1. The van der Waals surface area contributed by atoms with Gasteiger partial charge in [0.1, 0.15) is 6.10 Å². The van der Waals surface area contributed by atoms with Crippen molar-refractivity contribution in [1.29, 1.82) is 0 Å². The van der Waals surface area contributed by atoms with Crippen LogP contribution >= 0.6 is 0 Å². The number of carboxylic acid groups (broad SMARTS) is 1. The molecule has 3 N–H and O–H groups in total. The minimum atomic E-state index is -3.29. The van der Waals surface area contributed by atoms with Gasteiger partial charge in [-0.25, -0.2) is 0 Å². The Morgan fingerprint density at radius 2 is 2.17 bits per heavy atom. The highest BCUT2D eigenvalue weighted by Crippen LogP contribution is 2.56. The fourth-order valence-electron chi connectivity index (χ4n) is 4.39. The lowest BCUT2D eigenvalue weighted by molar-refractivity contribution is -0.137. The van der Waals surface area contributed by atoms with E-state index in [0.717, 1.165) is 0 Å². The van der Waals surface area contributed by atoms with Crippen LogP contribution in [0.5, 0.6) is 0 Å². The lowest BCUT2D eigenvalue weighted by Crippen LogP contribution is -2.41. The summed E-state index contributed by atoms with van der Waals surface area (Å²) in [5, 5.41) is 29.5. The maximum absolute atomic E-state index is 15.3. The Bertz CT molecular complexity index is 693. The van der Waals surface area contributed by atoms with E-state index < -0.39 is 59.6 Å². The first-order valence-corrected chi connectivity index (χ1v) is 10.1. The fourth-order valence-corrected chi connectivity index (χ4v) is 4.39. The largest absolute Gasteiger partial charge is 0.488 e. The van der Waals surface area contributed by atoms with Crippen LogP contribution in [0.2, 0.25) is 0 Å². The Morgan fingerprint density at radius 1 is 1.48 bits per heavy atom. The van der Waals surface area contributed by atoms with Gasteiger partial charge in [0.25, 0.3) is 0 Å². The predicted octanol–water partition coefficient (Wildman–Crippen LogP) is 3.37. The highest BCUT2D eigenvalue weighted by molar-refractivity contribution is 5.66. The number of hydrogen-bond donors (Lipinski definition) is 3. The lowest BCUT2D eigenvalue weighted by Gasteiger charge is -2.34. The second-order valence-electron chi connectivity index (χ2n) is 7.83. The Hall–Kier alpha value is -1.91. The smallest absolute Gasteiger partial charge is 0.310 e. The first-order chi connectivity index (χ1) is 13.6. The van der Waals surface area contributed by atoms with E-state index in [1.165, 1.54) is 12.2 Å². The van der Waals surface area contributed by atoms with Gasteiger partial charge < -0.3 is 20.1 Å². The molecule has 1 saturated carbocycles. The molecule has 1 aliphatic heterocycles. The quantitative estimate of drug-likeness (QED) is 0.323. The lowest BCUT2D eigenvalue weighted by atomic mass is 9.72. The second kappa shape index (κ2) is 9.73. The number of ether oxygens (including phenoxy) is 1. The average Bonchev–Trinajstić information content (AvgIpc) is 3.11. The normalized spacial score (nSPS) is 31.9. The molecular weight excluding hydrogens is 382 g/mol. The van der Waals surface area contributed by atoms with E-state index in [0.29, 0.717) is 6.42 Å². The predicted molar refractivity (Wildman–Crippen MR) is 104 cm³/mol. The number of aliphatic hydroxyl groups is 2. The molecule has 0 spiro atoms. The summed E-state index contributed by atoms with van der Waals surface area (Å²) in [7, 11) is 0. The molecule has 1 unspecified atom stereocenters. The van der Waals surface area contributed by atoms with Crippen LogP contribution in [0.4, 0.5) is 8.78 Å². The molecule has 162 valence electrons. The molecule has 7 heteroatoms. The zero-order valence-electron chi connectivity index (χ0n) is 16.9. The molecule has 5 nitrogen and oxygen atoms in total. The summed E-state index contributed by atoms with van der Waals surface area (Å²) in [5.41, 5.74) is 0. The van der Waals surface area contributed by atoms with Crippen molar-refractivity contribution in [2.24, 2.45) is 23.7 Å². The standard InChI is InChI=1S/C22H30F2O5/c1-4-6-9-14(13(3)15(25)5-2)20-16(26)12-17-21(20)22(23,24)18(29-17)10-7-8-11-19(27)28/h5,10,13-17,20-21,25-26H,2,4,7-8,11-12H2,1,3H3,(H,27,28)/t13-,14?,15-,16+,17-,20-,21-/m0/s1. The summed E-state index contributed by atoms with van der Waals surface area (Å²) >= 11 is 0. The van der Waals surface area contributed by atoms with Crippen molar-refractivity contribution in [3.63, 3.8) is 0 Å². The SMILES string of the molecule is C=C[C@H](O)[C@@H](C)C(C#CCC)[C@@H]1[C@@H]2[C@H](C[C@H]1O)OC(=CCCCC(=O)O)C2(F)F. The number of rotatable bonds is 8. The molecule has 0 radical (unpaired) electrons. The number of hydrogen-bond acceptors (Lipinski definition) is 4. The molecule has 0 bridgehead atoms. The Kier molecular flexibility index (Phi) is 7.84. The second-order valence-corrected chi connectivity index (χ2v) is 7.83. The molecule has 0 amide bonds. The number of aliphatic carboxylic acids is 1. The van der Waals surface area contributed by atoms with Crippen LogP contribution in [-0.2, 0) is 9.53 Å². The minimum absolute atomic E-state index is 0.0681. The first kappa shape index (κ1) is 23.4. The van der Waals surface area contributed by atoms with Crippen molar-refractivity contribution in [2.45, 2.75) is 70.2 Å². The van der Waals surface area contributed by atoms with Crippen molar-refractivity contribution < 1.29 is 33.6 Å². The van der Waals surface area contributed by atoms with E-state index in [9.17, 15) is 15.0 Å². The third-order valence-corrected chi connectivity index (χ3v) is 5.89. The van der Waals surface area contributed by atoms with Gasteiger partial charge in [-0.1, -0.05) is 25.8 Å². The van der Waals surface area contributed by atoms with Gasteiger partial charge >= 0.3 is 11.9 Å². The van der Waals surface area contributed by atoms with E-state index >= 15 is 8.78 Å². The zero-order chi connectivity index (χ0) is 21.8. The van der Waals surface area contributed by atoms with Gasteiger partial charge in [0.2, 0.25) is 0 Å². The number of unbranched alkanes of at least 4 members (excludes halogenated alkanes) is 1. The first-order valence-electron chi connectivity index (χ1n) is 10.1. The Labute approximate surface area is 170 Å². The summed E-state index contributed by atoms with van der Waals surface area (Å²) in [6, 6.07) is 0. The van der Waals surface area contributed by atoms with Gasteiger partial charge in [-0.05, 0) is 24.8 Å².